The van der Waals surface area contributed by atoms with E-state index in [-0.39, 0.29) is 11.6 Å². The zero-order valence-electron chi connectivity index (χ0n) is 18.1. The molecule has 0 atom stereocenters. The van der Waals surface area contributed by atoms with Crippen molar-refractivity contribution in [1.82, 2.24) is 5.32 Å². The van der Waals surface area contributed by atoms with Gasteiger partial charge >= 0.3 is 12.2 Å². The highest BCUT2D eigenvalue weighted by Crippen LogP contribution is 2.36. The van der Waals surface area contributed by atoms with Gasteiger partial charge in [-0.15, -0.1) is 0 Å². The maximum absolute atomic E-state index is 13.2. The van der Waals surface area contributed by atoms with Crippen LogP contribution in [-0.4, -0.2) is 17.8 Å². The monoisotopic (exact) mass is 534 g/mol. The van der Waals surface area contributed by atoms with E-state index in [0.29, 0.717) is 27.3 Å². The van der Waals surface area contributed by atoms with E-state index in [1.165, 1.54) is 6.08 Å². The summed E-state index contributed by atoms with van der Waals surface area (Å²) in [5.41, 5.74) is -0.764. The molecular weight excluding hydrogens is 520 g/mol. The molecule has 0 aromatic heterocycles. The van der Waals surface area contributed by atoms with Crippen LogP contribution >= 0.6 is 23.2 Å². The van der Waals surface area contributed by atoms with Gasteiger partial charge in [0.05, 0.1) is 16.3 Å². The average molecular weight is 535 g/mol. The summed E-state index contributed by atoms with van der Waals surface area (Å²) in [6.07, 6.45) is -3.53. The Balaban J connectivity index is 1.56. The molecule has 1 aliphatic heterocycles. The lowest BCUT2D eigenvalue weighted by atomic mass is 10.1. The number of imide groups is 2. The SMILES string of the molecule is O=C1NC(=O)N(c2cc(C(F)(F)F)ccc2Cl)C(=O)/C1=C\c1ccc(OCc2ccc(Cl)cc2)cc1. The molecule has 0 radical (unpaired) electrons. The number of benzene rings is 3. The normalized spacial score (nSPS) is 15.3. The van der Waals surface area contributed by atoms with Crippen LogP contribution in [0.4, 0.5) is 23.7 Å². The number of anilines is 1. The molecule has 36 heavy (non-hydrogen) atoms. The number of hydrogen-bond donors (Lipinski definition) is 1. The van der Waals surface area contributed by atoms with E-state index in [4.69, 9.17) is 27.9 Å². The molecule has 0 spiro atoms. The van der Waals surface area contributed by atoms with Gasteiger partial charge in [0.25, 0.3) is 11.8 Å². The van der Waals surface area contributed by atoms with Crippen LogP contribution < -0.4 is 15.0 Å². The van der Waals surface area contributed by atoms with Gasteiger partial charge in [-0.2, -0.15) is 13.2 Å². The summed E-state index contributed by atoms with van der Waals surface area (Å²) in [5.74, 6) is -1.60. The molecule has 3 aromatic rings. The van der Waals surface area contributed by atoms with E-state index in [2.05, 4.69) is 0 Å². The van der Waals surface area contributed by atoms with E-state index in [1.807, 2.05) is 17.4 Å². The number of nitrogens with zero attached hydrogens (tertiary/aromatic N) is 1. The van der Waals surface area contributed by atoms with Crippen LogP contribution in [0.2, 0.25) is 10.0 Å². The number of halogens is 5. The van der Waals surface area contributed by atoms with Crippen molar-refractivity contribution in [3.05, 3.63) is 99.0 Å². The van der Waals surface area contributed by atoms with Crippen LogP contribution in [-0.2, 0) is 22.4 Å². The lowest BCUT2D eigenvalue weighted by molar-refractivity contribution is -0.137. The van der Waals surface area contributed by atoms with Crippen molar-refractivity contribution in [2.45, 2.75) is 12.8 Å². The van der Waals surface area contributed by atoms with Gasteiger partial charge in [0.2, 0.25) is 0 Å². The number of rotatable bonds is 5. The summed E-state index contributed by atoms with van der Waals surface area (Å²) in [6, 6.07) is 14.5. The van der Waals surface area contributed by atoms with E-state index >= 15 is 0 Å². The molecule has 4 amide bonds. The van der Waals surface area contributed by atoms with Gasteiger partial charge in [0.1, 0.15) is 17.9 Å². The quantitative estimate of drug-likeness (QED) is 0.309. The molecule has 1 saturated heterocycles. The first-order valence-corrected chi connectivity index (χ1v) is 11.0. The Hall–Kier alpha value is -3.82. The first-order valence-electron chi connectivity index (χ1n) is 10.3. The number of barbiturate groups is 1. The highest BCUT2D eigenvalue weighted by molar-refractivity contribution is 6.42. The third-order valence-electron chi connectivity index (χ3n) is 5.13. The predicted octanol–water partition coefficient (Wildman–Crippen LogP) is 6.26. The second kappa shape index (κ2) is 10.0. The largest absolute Gasteiger partial charge is 0.489 e. The minimum atomic E-state index is -4.74. The van der Waals surface area contributed by atoms with Gasteiger partial charge in [-0.25, -0.2) is 9.69 Å². The average Bonchev–Trinajstić information content (AvgIpc) is 2.82. The van der Waals surface area contributed by atoms with Crippen LogP contribution in [0.5, 0.6) is 5.75 Å². The molecule has 11 heteroatoms. The second-order valence-corrected chi connectivity index (χ2v) is 8.45. The summed E-state index contributed by atoms with van der Waals surface area (Å²) in [7, 11) is 0. The topological polar surface area (TPSA) is 75.7 Å². The fraction of sp³-hybridized carbons (Fsp3) is 0.0800. The van der Waals surface area contributed by atoms with Crippen molar-refractivity contribution in [3.8, 4) is 5.75 Å². The van der Waals surface area contributed by atoms with Crippen LogP contribution in [0.3, 0.4) is 0 Å². The summed E-state index contributed by atoms with van der Waals surface area (Å²) >= 11 is 11.8. The van der Waals surface area contributed by atoms with Gasteiger partial charge in [-0.05, 0) is 59.7 Å². The number of alkyl halides is 3. The third-order valence-corrected chi connectivity index (χ3v) is 5.70. The minimum absolute atomic E-state index is 0.276. The van der Waals surface area contributed by atoms with Crippen LogP contribution in [0.15, 0.2) is 72.3 Å². The smallest absolute Gasteiger partial charge is 0.416 e. The standard InChI is InChI=1S/C25H15Cl2F3N2O4/c26-17-6-1-15(2-7-17)13-36-18-8-3-14(4-9-18)11-19-22(33)31-24(35)32(23(19)34)21-12-16(25(28,29)30)5-10-20(21)27/h1-12H,13H2,(H,31,33,35)/b19-11-. The van der Waals surface area contributed by atoms with Gasteiger partial charge < -0.3 is 4.74 Å². The van der Waals surface area contributed by atoms with Crippen LogP contribution in [0, 0.1) is 0 Å². The van der Waals surface area contributed by atoms with Gasteiger partial charge in [-0.3, -0.25) is 14.9 Å². The molecule has 0 bridgehead atoms. The highest BCUT2D eigenvalue weighted by Gasteiger charge is 2.39. The molecular formula is C25H15Cl2F3N2O4. The van der Waals surface area contributed by atoms with Crippen molar-refractivity contribution in [3.63, 3.8) is 0 Å². The first-order chi connectivity index (χ1) is 17.0. The number of ether oxygens (including phenoxy) is 1. The van der Waals surface area contributed by atoms with Crippen LogP contribution in [0.25, 0.3) is 6.08 Å². The molecule has 0 saturated carbocycles. The Morgan fingerprint density at radius 3 is 2.22 bits per heavy atom. The van der Waals surface area contributed by atoms with Crippen molar-refractivity contribution in [2.24, 2.45) is 0 Å². The fourth-order valence-electron chi connectivity index (χ4n) is 3.31. The zero-order valence-corrected chi connectivity index (χ0v) is 19.6. The molecule has 4 rings (SSSR count). The molecule has 6 nitrogen and oxygen atoms in total. The van der Waals surface area contributed by atoms with Crippen molar-refractivity contribution >= 4 is 52.8 Å². The summed E-state index contributed by atoms with van der Waals surface area (Å²) < 4.78 is 45.2. The van der Waals surface area contributed by atoms with E-state index < -0.39 is 40.8 Å². The lowest BCUT2D eigenvalue weighted by Crippen LogP contribution is -2.54. The Morgan fingerprint density at radius 1 is 0.917 bits per heavy atom. The second-order valence-electron chi connectivity index (χ2n) is 7.61. The predicted molar refractivity (Wildman–Crippen MR) is 128 cm³/mol. The van der Waals surface area contributed by atoms with Gasteiger partial charge in [0, 0.05) is 5.02 Å². The van der Waals surface area contributed by atoms with Crippen molar-refractivity contribution in [2.75, 3.05) is 4.90 Å². The Labute approximate surface area is 212 Å². The summed E-state index contributed by atoms with van der Waals surface area (Å²) in [6.45, 7) is 0.285. The number of carbonyl (C=O) groups is 3. The maximum atomic E-state index is 13.2. The zero-order chi connectivity index (χ0) is 26.0. The Morgan fingerprint density at radius 2 is 1.58 bits per heavy atom. The third kappa shape index (κ3) is 5.53. The number of hydrogen-bond acceptors (Lipinski definition) is 4. The molecule has 0 aliphatic carbocycles. The lowest BCUT2D eigenvalue weighted by Gasteiger charge is -2.27. The number of urea groups is 1. The summed E-state index contributed by atoms with van der Waals surface area (Å²) in [4.78, 5) is 38.1. The Kier molecular flexibility index (Phi) is 7.05. The van der Waals surface area contributed by atoms with E-state index in [9.17, 15) is 27.6 Å². The Bertz CT molecular complexity index is 1370. The fourth-order valence-corrected chi connectivity index (χ4v) is 3.64. The van der Waals surface area contributed by atoms with Crippen molar-refractivity contribution < 1.29 is 32.3 Å². The molecule has 1 aliphatic rings. The molecule has 0 unspecified atom stereocenters. The van der Waals surface area contributed by atoms with Crippen molar-refractivity contribution in [1.29, 1.82) is 0 Å². The molecule has 1 fully saturated rings. The van der Waals surface area contributed by atoms with E-state index in [0.717, 1.165) is 17.7 Å². The molecule has 3 aromatic carbocycles. The number of nitrogens with one attached hydrogen (secondary N) is 1. The van der Waals surface area contributed by atoms with Crippen LogP contribution in [0.1, 0.15) is 16.7 Å². The summed E-state index contributed by atoms with van der Waals surface area (Å²) in [5, 5.41) is 2.28. The maximum Gasteiger partial charge on any atom is 0.416 e. The number of amides is 4. The minimum Gasteiger partial charge on any atom is -0.489 e. The number of carbonyl (C=O) groups excluding carboxylic acids is 3. The van der Waals surface area contributed by atoms with E-state index in [1.54, 1.807) is 36.4 Å². The molecule has 1 heterocycles. The molecule has 1 N–H and O–H groups in total. The van der Waals surface area contributed by atoms with Gasteiger partial charge in [0.15, 0.2) is 0 Å². The molecule has 184 valence electrons. The highest BCUT2D eigenvalue weighted by atomic mass is 35.5. The van der Waals surface area contributed by atoms with Gasteiger partial charge in [-0.1, -0.05) is 47.5 Å². The first kappa shape index (κ1) is 25.3.